The number of rotatable bonds is 4. The molecule has 82 valence electrons. The van der Waals surface area contributed by atoms with Crippen molar-refractivity contribution in [2.75, 3.05) is 13.7 Å². The third-order valence-electron chi connectivity index (χ3n) is 1.91. The van der Waals surface area contributed by atoms with Gasteiger partial charge in [-0.05, 0) is 19.1 Å². The van der Waals surface area contributed by atoms with Crippen LogP contribution in [0.5, 0.6) is 0 Å². The summed E-state index contributed by atoms with van der Waals surface area (Å²) in [5.74, 6) is -0.176. The monoisotopic (exact) mass is 227 g/mol. The van der Waals surface area contributed by atoms with Gasteiger partial charge in [-0.15, -0.1) is 0 Å². The summed E-state index contributed by atoms with van der Waals surface area (Å²) in [6, 6.07) is 6.92. The molecule has 0 fully saturated rings. The quantitative estimate of drug-likeness (QED) is 0.856. The van der Waals surface area contributed by atoms with Crippen LogP contribution in [0.4, 0.5) is 0 Å². The summed E-state index contributed by atoms with van der Waals surface area (Å²) in [6.07, 6.45) is 0. The number of hydrogen-bond donors (Lipinski definition) is 1. The van der Waals surface area contributed by atoms with Gasteiger partial charge in [0, 0.05) is 13.2 Å². The Morgan fingerprint density at radius 1 is 1.53 bits per heavy atom. The van der Waals surface area contributed by atoms with Gasteiger partial charge in [-0.25, -0.2) is 0 Å². The maximum atomic E-state index is 11.7. The Labute approximate surface area is 94.4 Å². The second-order valence-corrected chi connectivity index (χ2v) is 3.72. The van der Waals surface area contributed by atoms with Gasteiger partial charge in [0.05, 0.1) is 17.2 Å². The average Bonchev–Trinajstić information content (AvgIpc) is 2.18. The number of carbonyl (C=O) groups is 1. The van der Waals surface area contributed by atoms with E-state index in [0.717, 1.165) is 0 Å². The molecule has 3 nitrogen and oxygen atoms in total. The number of amides is 1. The molecule has 0 saturated heterocycles. The van der Waals surface area contributed by atoms with E-state index in [9.17, 15) is 4.79 Å². The predicted octanol–water partition coefficient (Wildman–Crippen LogP) is 2.10. The molecule has 0 radical (unpaired) electrons. The molecule has 0 aliphatic rings. The van der Waals surface area contributed by atoms with Gasteiger partial charge in [0.1, 0.15) is 0 Å². The van der Waals surface area contributed by atoms with E-state index in [0.29, 0.717) is 17.2 Å². The van der Waals surface area contributed by atoms with Gasteiger partial charge in [-0.3, -0.25) is 4.79 Å². The largest absolute Gasteiger partial charge is 0.383 e. The van der Waals surface area contributed by atoms with Crippen LogP contribution in [0.15, 0.2) is 24.3 Å². The summed E-state index contributed by atoms with van der Waals surface area (Å²) in [5, 5.41) is 3.25. The Hall–Kier alpha value is -1.06. The highest BCUT2D eigenvalue weighted by molar-refractivity contribution is 6.33. The highest BCUT2D eigenvalue weighted by Crippen LogP contribution is 2.14. The molecular formula is C11H14ClNO2. The molecule has 0 unspecified atom stereocenters. The smallest absolute Gasteiger partial charge is 0.253 e. The minimum absolute atomic E-state index is 0.0289. The molecule has 0 aromatic heterocycles. The van der Waals surface area contributed by atoms with E-state index in [2.05, 4.69) is 5.32 Å². The van der Waals surface area contributed by atoms with Gasteiger partial charge < -0.3 is 10.1 Å². The Bertz CT molecular complexity index is 341. The van der Waals surface area contributed by atoms with E-state index in [4.69, 9.17) is 16.3 Å². The molecule has 4 heteroatoms. The van der Waals surface area contributed by atoms with Crippen LogP contribution in [0.2, 0.25) is 5.02 Å². The van der Waals surface area contributed by atoms with E-state index in [1.165, 1.54) is 0 Å². The molecule has 1 N–H and O–H groups in total. The highest BCUT2D eigenvalue weighted by atomic mass is 35.5. The molecule has 0 spiro atoms. The Morgan fingerprint density at radius 3 is 2.80 bits per heavy atom. The zero-order valence-electron chi connectivity index (χ0n) is 8.79. The number of ether oxygens (including phenoxy) is 1. The summed E-state index contributed by atoms with van der Waals surface area (Å²) in [5.41, 5.74) is 0.488. The first-order valence-corrected chi connectivity index (χ1v) is 5.07. The minimum Gasteiger partial charge on any atom is -0.383 e. The van der Waals surface area contributed by atoms with Crippen LogP contribution in [-0.4, -0.2) is 25.7 Å². The second kappa shape index (κ2) is 5.73. The SMILES string of the molecule is COC[C@@H](C)NC(=O)c1ccccc1Cl. The summed E-state index contributed by atoms with van der Waals surface area (Å²) >= 11 is 5.89. The van der Waals surface area contributed by atoms with Crippen LogP contribution in [0.3, 0.4) is 0 Å². The van der Waals surface area contributed by atoms with Crippen LogP contribution in [-0.2, 0) is 4.74 Å². The number of carbonyl (C=O) groups excluding carboxylic acids is 1. The number of benzene rings is 1. The standard InChI is InChI=1S/C11H14ClNO2/c1-8(7-15-2)13-11(14)9-5-3-4-6-10(9)12/h3-6,8H,7H2,1-2H3,(H,13,14)/t8-/m1/s1. The fourth-order valence-corrected chi connectivity index (χ4v) is 1.46. The molecule has 15 heavy (non-hydrogen) atoms. The van der Waals surface area contributed by atoms with Crippen LogP contribution >= 0.6 is 11.6 Å². The summed E-state index contributed by atoms with van der Waals surface area (Å²) < 4.78 is 4.92. The maximum absolute atomic E-state index is 11.7. The normalized spacial score (nSPS) is 12.2. The fraction of sp³-hybridized carbons (Fsp3) is 0.364. The average molecular weight is 228 g/mol. The maximum Gasteiger partial charge on any atom is 0.253 e. The van der Waals surface area contributed by atoms with E-state index in [-0.39, 0.29) is 11.9 Å². The fourth-order valence-electron chi connectivity index (χ4n) is 1.24. The van der Waals surface area contributed by atoms with Crippen LogP contribution in [0.1, 0.15) is 17.3 Å². The van der Waals surface area contributed by atoms with Crippen molar-refractivity contribution in [1.29, 1.82) is 0 Å². The third kappa shape index (κ3) is 3.53. The summed E-state index contributed by atoms with van der Waals surface area (Å²) in [6.45, 7) is 2.36. The summed E-state index contributed by atoms with van der Waals surface area (Å²) in [4.78, 5) is 11.7. The second-order valence-electron chi connectivity index (χ2n) is 3.31. The van der Waals surface area contributed by atoms with Crippen molar-refractivity contribution in [1.82, 2.24) is 5.32 Å². The van der Waals surface area contributed by atoms with Gasteiger partial charge in [-0.1, -0.05) is 23.7 Å². The summed E-state index contributed by atoms with van der Waals surface area (Å²) in [7, 11) is 1.60. The van der Waals surface area contributed by atoms with E-state index in [1.807, 2.05) is 6.92 Å². The molecule has 1 amide bonds. The molecule has 1 rings (SSSR count). The molecule has 0 saturated carbocycles. The van der Waals surface area contributed by atoms with Gasteiger partial charge in [-0.2, -0.15) is 0 Å². The number of halogens is 1. The van der Waals surface area contributed by atoms with Crippen LogP contribution in [0, 0.1) is 0 Å². The van der Waals surface area contributed by atoms with Crippen molar-refractivity contribution in [2.24, 2.45) is 0 Å². The van der Waals surface area contributed by atoms with Gasteiger partial charge >= 0.3 is 0 Å². The molecule has 1 aromatic carbocycles. The Morgan fingerprint density at radius 2 is 2.20 bits per heavy atom. The van der Waals surface area contributed by atoms with E-state index in [1.54, 1.807) is 31.4 Å². The first-order chi connectivity index (χ1) is 7.15. The van der Waals surface area contributed by atoms with Crippen molar-refractivity contribution in [2.45, 2.75) is 13.0 Å². The topological polar surface area (TPSA) is 38.3 Å². The molecule has 0 aliphatic heterocycles. The number of nitrogens with one attached hydrogen (secondary N) is 1. The van der Waals surface area contributed by atoms with Crippen LogP contribution < -0.4 is 5.32 Å². The molecule has 1 aromatic rings. The molecule has 0 bridgehead atoms. The Kier molecular flexibility index (Phi) is 4.59. The van der Waals surface area contributed by atoms with Crippen molar-refractivity contribution >= 4 is 17.5 Å². The number of methoxy groups -OCH3 is 1. The van der Waals surface area contributed by atoms with Crippen LogP contribution in [0.25, 0.3) is 0 Å². The third-order valence-corrected chi connectivity index (χ3v) is 2.24. The molecule has 0 heterocycles. The number of hydrogen-bond acceptors (Lipinski definition) is 2. The van der Waals surface area contributed by atoms with Crippen molar-refractivity contribution in [3.05, 3.63) is 34.9 Å². The van der Waals surface area contributed by atoms with E-state index < -0.39 is 0 Å². The molecular weight excluding hydrogens is 214 g/mol. The Balaban J connectivity index is 2.65. The van der Waals surface area contributed by atoms with Gasteiger partial charge in [0.15, 0.2) is 0 Å². The van der Waals surface area contributed by atoms with E-state index >= 15 is 0 Å². The minimum atomic E-state index is -0.176. The first-order valence-electron chi connectivity index (χ1n) is 4.69. The first kappa shape index (κ1) is 12.0. The zero-order valence-corrected chi connectivity index (χ0v) is 9.54. The lowest BCUT2D eigenvalue weighted by Gasteiger charge is -2.13. The predicted molar refractivity (Wildman–Crippen MR) is 60.3 cm³/mol. The van der Waals surface area contributed by atoms with Crippen molar-refractivity contribution in [3.63, 3.8) is 0 Å². The lowest BCUT2D eigenvalue weighted by atomic mass is 10.2. The molecule has 1 atom stereocenters. The molecule has 0 aliphatic carbocycles. The lowest BCUT2D eigenvalue weighted by Crippen LogP contribution is -2.35. The van der Waals surface area contributed by atoms with Gasteiger partial charge in [0.2, 0.25) is 0 Å². The highest BCUT2D eigenvalue weighted by Gasteiger charge is 2.11. The van der Waals surface area contributed by atoms with Gasteiger partial charge in [0.25, 0.3) is 5.91 Å². The van der Waals surface area contributed by atoms with Crippen molar-refractivity contribution in [3.8, 4) is 0 Å². The zero-order chi connectivity index (χ0) is 11.3. The lowest BCUT2D eigenvalue weighted by molar-refractivity contribution is 0.0905. The van der Waals surface area contributed by atoms with Crippen molar-refractivity contribution < 1.29 is 9.53 Å².